The molecule has 0 amide bonds. The Morgan fingerprint density at radius 1 is 1.32 bits per heavy atom. The van der Waals surface area contributed by atoms with Crippen molar-refractivity contribution < 1.29 is 18.8 Å². The van der Waals surface area contributed by atoms with Crippen LogP contribution in [0.4, 0.5) is 10.1 Å². The Hall–Kier alpha value is -1.69. The third kappa shape index (κ3) is 5.21. The molecular weight excluding hydrogens is 253 g/mol. The van der Waals surface area contributed by atoms with Crippen LogP contribution in [0.5, 0.6) is 5.75 Å². The van der Waals surface area contributed by atoms with Crippen molar-refractivity contribution in [2.45, 2.75) is 26.4 Å². The second-order valence-corrected chi connectivity index (χ2v) is 4.00. The average molecular weight is 271 g/mol. The molecule has 106 valence electrons. The molecule has 0 spiro atoms. The molecule has 0 aliphatic heterocycles. The number of unbranched alkanes of at least 4 members (excludes halogenated alkanes) is 1. The molecule has 1 aromatic rings. The summed E-state index contributed by atoms with van der Waals surface area (Å²) < 4.78 is 23.4. The van der Waals surface area contributed by atoms with Gasteiger partial charge in [-0.2, -0.15) is 0 Å². The number of halogens is 1. The van der Waals surface area contributed by atoms with Gasteiger partial charge in [-0.1, -0.05) is 13.3 Å². The molecule has 1 aromatic carbocycles. The lowest BCUT2D eigenvalue weighted by Crippen LogP contribution is -2.08. The third-order valence-corrected chi connectivity index (χ3v) is 2.53. The molecule has 5 nitrogen and oxygen atoms in total. The summed E-state index contributed by atoms with van der Waals surface area (Å²) in [6.07, 6.45) is 2.06. The largest absolute Gasteiger partial charge is 0.491 e. The van der Waals surface area contributed by atoms with Gasteiger partial charge in [0.1, 0.15) is 19.0 Å². The average Bonchev–Trinajstić information content (AvgIpc) is 2.42. The molecule has 0 aliphatic rings. The maximum absolute atomic E-state index is 12.8. The Balaban J connectivity index is 2.47. The summed E-state index contributed by atoms with van der Waals surface area (Å²) in [5.74, 6) is 0.326. The summed E-state index contributed by atoms with van der Waals surface area (Å²) in [7, 11) is 0. The van der Waals surface area contributed by atoms with Gasteiger partial charge in [-0.05, 0) is 12.5 Å². The number of non-ortho nitro benzene ring substituents is 1. The maximum atomic E-state index is 12.8. The minimum Gasteiger partial charge on any atom is -0.491 e. The molecule has 6 heteroatoms. The molecule has 0 saturated carbocycles. The highest BCUT2D eigenvalue weighted by atomic mass is 19.1. The lowest BCUT2D eigenvalue weighted by Gasteiger charge is -2.09. The van der Waals surface area contributed by atoms with Crippen molar-refractivity contribution in [3.63, 3.8) is 0 Å². The van der Waals surface area contributed by atoms with Crippen molar-refractivity contribution in [2.24, 2.45) is 0 Å². The van der Waals surface area contributed by atoms with Crippen LogP contribution in [0, 0.1) is 10.1 Å². The number of hydrogen-bond donors (Lipinski definition) is 0. The molecule has 0 saturated heterocycles. The molecule has 19 heavy (non-hydrogen) atoms. The van der Waals surface area contributed by atoms with E-state index in [1.54, 1.807) is 0 Å². The van der Waals surface area contributed by atoms with Gasteiger partial charge in [0, 0.05) is 24.3 Å². The summed E-state index contributed by atoms with van der Waals surface area (Å²) in [5.41, 5.74) is 0.0435. The van der Waals surface area contributed by atoms with Crippen molar-refractivity contribution in [3.8, 4) is 5.75 Å². The molecule has 0 N–H and O–H groups in total. The SMILES string of the molecule is CCCCOCCOc1ccc([N+](=O)[O-])cc1CF. The van der Waals surface area contributed by atoms with E-state index in [9.17, 15) is 14.5 Å². The molecule has 0 heterocycles. The molecule has 1 rings (SSSR count). The van der Waals surface area contributed by atoms with E-state index in [4.69, 9.17) is 9.47 Å². The summed E-state index contributed by atoms with van der Waals surface area (Å²) in [5, 5.41) is 10.6. The third-order valence-electron chi connectivity index (χ3n) is 2.53. The van der Waals surface area contributed by atoms with Gasteiger partial charge in [-0.15, -0.1) is 0 Å². The second-order valence-electron chi connectivity index (χ2n) is 4.00. The van der Waals surface area contributed by atoms with Gasteiger partial charge in [0.2, 0.25) is 0 Å². The first-order chi connectivity index (χ1) is 9.19. The van der Waals surface area contributed by atoms with Crippen molar-refractivity contribution in [1.29, 1.82) is 0 Å². The van der Waals surface area contributed by atoms with Crippen molar-refractivity contribution in [3.05, 3.63) is 33.9 Å². The number of nitrogens with zero attached hydrogens (tertiary/aromatic N) is 1. The van der Waals surface area contributed by atoms with E-state index >= 15 is 0 Å². The van der Waals surface area contributed by atoms with Crippen LogP contribution in [0.15, 0.2) is 18.2 Å². The summed E-state index contributed by atoms with van der Waals surface area (Å²) >= 11 is 0. The van der Waals surface area contributed by atoms with Crippen LogP contribution in [-0.4, -0.2) is 24.7 Å². The van der Waals surface area contributed by atoms with Gasteiger partial charge in [0.25, 0.3) is 5.69 Å². The van der Waals surface area contributed by atoms with Crippen molar-refractivity contribution in [2.75, 3.05) is 19.8 Å². The number of hydrogen-bond acceptors (Lipinski definition) is 4. The van der Waals surface area contributed by atoms with E-state index in [0.717, 1.165) is 12.8 Å². The fourth-order valence-electron chi connectivity index (χ4n) is 1.48. The first-order valence-corrected chi connectivity index (χ1v) is 6.22. The molecule has 0 unspecified atom stereocenters. The van der Waals surface area contributed by atoms with Gasteiger partial charge < -0.3 is 9.47 Å². The number of nitro benzene ring substituents is 1. The van der Waals surface area contributed by atoms with E-state index in [2.05, 4.69) is 6.92 Å². The van der Waals surface area contributed by atoms with Crippen LogP contribution in [0.2, 0.25) is 0 Å². The second kappa shape index (κ2) is 8.42. The Labute approximate surface area is 111 Å². The predicted molar refractivity (Wildman–Crippen MR) is 69.1 cm³/mol. The highest BCUT2D eigenvalue weighted by Crippen LogP contribution is 2.24. The zero-order chi connectivity index (χ0) is 14.1. The van der Waals surface area contributed by atoms with Gasteiger partial charge in [0.15, 0.2) is 0 Å². The first-order valence-electron chi connectivity index (χ1n) is 6.22. The fraction of sp³-hybridized carbons (Fsp3) is 0.538. The molecule has 0 aliphatic carbocycles. The minimum absolute atomic E-state index is 0.140. The van der Waals surface area contributed by atoms with E-state index in [0.29, 0.717) is 25.6 Å². The number of nitro groups is 1. The standard InChI is InChI=1S/C13H18FNO4/c1-2-3-6-18-7-8-19-13-5-4-12(15(16)17)9-11(13)10-14/h4-5,9H,2-3,6-8,10H2,1H3. The smallest absolute Gasteiger partial charge is 0.270 e. The summed E-state index contributed by atoms with van der Waals surface area (Å²) in [6, 6.07) is 3.90. The van der Waals surface area contributed by atoms with Crippen LogP contribution in [0.1, 0.15) is 25.3 Å². The summed E-state index contributed by atoms with van der Waals surface area (Å²) in [4.78, 5) is 10.0. The van der Waals surface area contributed by atoms with Gasteiger partial charge in [-0.3, -0.25) is 10.1 Å². The number of benzene rings is 1. The van der Waals surface area contributed by atoms with Crippen LogP contribution >= 0.6 is 0 Å². The molecule has 0 atom stereocenters. The highest BCUT2D eigenvalue weighted by molar-refractivity contribution is 5.43. The number of alkyl halides is 1. The van der Waals surface area contributed by atoms with Crippen LogP contribution < -0.4 is 4.74 Å². The molecule has 0 bridgehead atoms. The molecule has 0 aromatic heterocycles. The van der Waals surface area contributed by atoms with E-state index in [1.165, 1.54) is 18.2 Å². The van der Waals surface area contributed by atoms with E-state index < -0.39 is 11.6 Å². The molecule has 0 fully saturated rings. The lowest BCUT2D eigenvalue weighted by molar-refractivity contribution is -0.385. The Morgan fingerprint density at radius 2 is 2.11 bits per heavy atom. The molecule has 0 radical (unpaired) electrons. The van der Waals surface area contributed by atoms with Gasteiger partial charge in [-0.25, -0.2) is 4.39 Å². The number of rotatable bonds is 9. The Morgan fingerprint density at radius 3 is 2.74 bits per heavy atom. The van der Waals surface area contributed by atoms with E-state index in [-0.39, 0.29) is 11.3 Å². The topological polar surface area (TPSA) is 61.6 Å². The zero-order valence-corrected chi connectivity index (χ0v) is 10.9. The normalized spacial score (nSPS) is 10.4. The van der Waals surface area contributed by atoms with Gasteiger partial charge >= 0.3 is 0 Å². The van der Waals surface area contributed by atoms with Gasteiger partial charge in [0.05, 0.1) is 11.5 Å². The number of ether oxygens (including phenoxy) is 2. The first kappa shape index (κ1) is 15.4. The fourth-order valence-corrected chi connectivity index (χ4v) is 1.48. The van der Waals surface area contributed by atoms with E-state index in [1.807, 2.05) is 0 Å². The zero-order valence-electron chi connectivity index (χ0n) is 10.9. The quantitative estimate of drug-likeness (QED) is 0.393. The minimum atomic E-state index is -0.798. The Bertz CT molecular complexity index is 412. The lowest BCUT2D eigenvalue weighted by atomic mass is 10.2. The maximum Gasteiger partial charge on any atom is 0.270 e. The predicted octanol–water partition coefficient (Wildman–Crippen LogP) is 3.26. The van der Waals surface area contributed by atoms with Crippen molar-refractivity contribution in [1.82, 2.24) is 0 Å². The van der Waals surface area contributed by atoms with Crippen LogP contribution in [0.3, 0.4) is 0 Å². The highest BCUT2D eigenvalue weighted by Gasteiger charge is 2.11. The molecular formula is C13H18FNO4. The van der Waals surface area contributed by atoms with Crippen molar-refractivity contribution >= 4 is 5.69 Å². The Kier molecular flexibility index (Phi) is 6.81. The summed E-state index contributed by atoms with van der Waals surface area (Å²) in [6.45, 7) is 2.67. The van der Waals surface area contributed by atoms with Crippen LogP contribution in [-0.2, 0) is 11.4 Å². The van der Waals surface area contributed by atoms with Crippen LogP contribution in [0.25, 0.3) is 0 Å². The monoisotopic (exact) mass is 271 g/mol.